The fourth-order valence-electron chi connectivity index (χ4n) is 2.99. The summed E-state index contributed by atoms with van der Waals surface area (Å²) in [5, 5.41) is 8.88. The van der Waals surface area contributed by atoms with Gasteiger partial charge in [0.1, 0.15) is 5.75 Å². The van der Waals surface area contributed by atoms with Crippen LogP contribution in [0.25, 0.3) is 0 Å². The number of ether oxygens (including phenoxy) is 3. The maximum atomic E-state index is 10.8. The van der Waals surface area contributed by atoms with Gasteiger partial charge in [-0.05, 0) is 49.6 Å². The highest BCUT2D eigenvalue weighted by Gasteiger charge is 2.18. The van der Waals surface area contributed by atoms with Gasteiger partial charge in [-0.25, -0.2) is 4.79 Å². The summed E-state index contributed by atoms with van der Waals surface area (Å²) >= 11 is 0. The zero-order valence-electron chi connectivity index (χ0n) is 16.5. The summed E-state index contributed by atoms with van der Waals surface area (Å²) in [6, 6.07) is 7.14. The Kier molecular flexibility index (Phi) is 9.19. The number of hydrogen-bond donors (Lipinski definition) is 1. The summed E-state index contributed by atoms with van der Waals surface area (Å²) in [7, 11) is 0. The number of rotatable bonds is 12. The number of carboxylic acids is 1. The second kappa shape index (κ2) is 11.7. The van der Waals surface area contributed by atoms with Gasteiger partial charge in [-0.15, -0.1) is 0 Å². The van der Waals surface area contributed by atoms with Gasteiger partial charge in [0.15, 0.2) is 6.10 Å². The SMILES string of the molecule is CCCCCCCCCC1=CO[C@H](c2ccc(OC(C)C(=O)O)cc2)OC1. The summed E-state index contributed by atoms with van der Waals surface area (Å²) in [6.45, 7) is 4.33. The molecular weight excluding hydrogens is 344 g/mol. The molecule has 0 aromatic heterocycles. The van der Waals surface area contributed by atoms with Gasteiger partial charge in [-0.3, -0.25) is 0 Å². The third-order valence-electron chi connectivity index (χ3n) is 4.69. The molecule has 0 saturated heterocycles. The molecule has 0 aliphatic carbocycles. The molecule has 1 aromatic carbocycles. The van der Waals surface area contributed by atoms with Crippen LogP contribution in [0.15, 0.2) is 36.1 Å². The summed E-state index contributed by atoms with van der Waals surface area (Å²) < 4.78 is 16.9. The highest BCUT2D eigenvalue weighted by Crippen LogP contribution is 2.28. The first-order valence-corrected chi connectivity index (χ1v) is 10.0. The lowest BCUT2D eigenvalue weighted by Crippen LogP contribution is -2.22. The lowest BCUT2D eigenvalue weighted by molar-refractivity contribution is -0.144. The average Bonchev–Trinajstić information content (AvgIpc) is 2.68. The molecule has 0 bridgehead atoms. The number of aliphatic carboxylic acids is 1. The van der Waals surface area contributed by atoms with Crippen molar-refractivity contribution in [1.82, 2.24) is 0 Å². The van der Waals surface area contributed by atoms with Crippen LogP contribution in [0.5, 0.6) is 5.75 Å². The van der Waals surface area contributed by atoms with Gasteiger partial charge in [-0.1, -0.05) is 45.4 Å². The predicted octanol–water partition coefficient (Wildman–Crippen LogP) is 5.61. The van der Waals surface area contributed by atoms with Crippen molar-refractivity contribution in [3.63, 3.8) is 0 Å². The summed E-state index contributed by atoms with van der Waals surface area (Å²) in [5.74, 6) is -0.476. The molecule has 150 valence electrons. The molecule has 5 heteroatoms. The molecule has 2 atom stereocenters. The van der Waals surface area contributed by atoms with E-state index < -0.39 is 18.4 Å². The van der Waals surface area contributed by atoms with Crippen molar-refractivity contribution in [2.24, 2.45) is 0 Å². The van der Waals surface area contributed by atoms with Gasteiger partial charge in [0.05, 0.1) is 12.9 Å². The van der Waals surface area contributed by atoms with E-state index in [1.165, 1.54) is 57.4 Å². The molecule has 1 unspecified atom stereocenters. The first kappa shape index (κ1) is 21.3. The molecule has 1 N–H and O–H groups in total. The van der Waals surface area contributed by atoms with Gasteiger partial charge >= 0.3 is 5.97 Å². The topological polar surface area (TPSA) is 65.0 Å². The number of benzene rings is 1. The van der Waals surface area contributed by atoms with E-state index >= 15 is 0 Å². The van der Waals surface area contributed by atoms with Gasteiger partial charge in [-0.2, -0.15) is 0 Å². The number of unbranched alkanes of at least 4 members (excludes halogenated alkanes) is 6. The summed E-state index contributed by atoms with van der Waals surface area (Å²) in [6.07, 6.45) is 10.7. The number of hydrogen-bond acceptors (Lipinski definition) is 4. The second-order valence-electron chi connectivity index (χ2n) is 7.09. The molecule has 1 aliphatic rings. The zero-order chi connectivity index (χ0) is 19.5. The van der Waals surface area contributed by atoms with Crippen molar-refractivity contribution in [2.75, 3.05) is 6.61 Å². The van der Waals surface area contributed by atoms with Crippen LogP contribution in [-0.4, -0.2) is 23.8 Å². The third kappa shape index (κ3) is 7.63. The van der Waals surface area contributed by atoms with Crippen molar-refractivity contribution in [2.45, 2.75) is 77.6 Å². The van der Waals surface area contributed by atoms with Gasteiger partial charge in [0.2, 0.25) is 6.29 Å². The molecule has 0 amide bonds. The van der Waals surface area contributed by atoms with Crippen molar-refractivity contribution in [3.05, 3.63) is 41.7 Å². The first-order chi connectivity index (χ1) is 13.1. The Balaban J connectivity index is 1.70. The predicted molar refractivity (Wildman–Crippen MR) is 105 cm³/mol. The summed E-state index contributed by atoms with van der Waals surface area (Å²) in [5.41, 5.74) is 2.09. The standard InChI is InChI=1S/C22H32O5/c1-3-4-5-6-7-8-9-10-18-15-25-22(26-16-18)19-11-13-20(14-12-19)27-17(2)21(23)24/h11-15,17,22H,3-10,16H2,1-2H3,(H,23,24)/t17?,22-/m0/s1. The Morgan fingerprint density at radius 2 is 1.81 bits per heavy atom. The maximum Gasteiger partial charge on any atom is 0.344 e. The number of carbonyl (C=O) groups is 1. The van der Waals surface area contributed by atoms with Crippen molar-refractivity contribution in [1.29, 1.82) is 0 Å². The van der Waals surface area contributed by atoms with Crippen molar-refractivity contribution < 1.29 is 24.1 Å². The Morgan fingerprint density at radius 3 is 2.41 bits per heavy atom. The molecule has 0 spiro atoms. The van der Waals surface area contributed by atoms with Crippen molar-refractivity contribution >= 4 is 5.97 Å². The lowest BCUT2D eigenvalue weighted by atomic mass is 10.1. The normalized spacial score (nSPS) is 17.7. The monoisotopic (exact) mass is 376 g/mol. The van der Waals surface area contributed by atoms with E-state index in [1.54, 1.807) is 12.1 Å². The zero-order valence-corrected chi connectivity index (χ0v) is 16.5. The van der Waals surface area contributed by atoms with Gasteiger partial charge in [0, 0.05) is 5.56 Å². The van der Waals surface area contributed by atoms with E-state index in [-0.39, 0.29) is 0 Å². The lowest BCUT2D eigenvalue weighted by Gasteiger charge is -2.24. The van der Waals surface area contributed by atoms with Crippen molar-refractivity contribution in [3.8, 4) is 5.75 Å². The molecule has 1 aliphatic heterocycles. The maximum absolute atomic E-state index is 10.8. The molecule has 0 radical (unpaired) electrons. The third-order valence-corrected chi connectivity index (χ3v) is 4.69. The van der Waals surface area contributed by atoms with E-state index in [4.69, 9.17) is 19.3 Å². The minimum absolute atomic E-state index is 0.422. The highest BCUT2D eigenvalue weighted by molar-refractivity contribution is 5.72. The van der Waals surface area contributed by atoms with Crippen LogP contribution in [0.1, 0.15) is 77.1 Å². The first-order valence-electron chi connectivity index (χ1n) is 10.0. The minimum atomic E-state index is -0.989. The van der Waals surface area contributed by atoms with E-state index in [0.29, 0.717) is 12.4 Å². The molecule has 1 heterocycles. The Hall–Kier alpha value is -2.01. The Bertz CT molecular complexity index is 593. The van der Waals surface area contributed by atoms with Crippen LogP contribution in [0.3, 0.4) is 0 Å². The smallest absolute Gasteiger partial charge is 0.344 e. The van der Waals surface area contributed by atoms with E-state index in [0.717, 1.165) is 12.0 Å². The fourth-order valence-corrected chi connectivity index (χ4v) is 2.99. The molecular formula is C22H32O5. The molecule has 1 aromatic rings. The minimum Gasteiger partial charge on any atom is -0.479 e. The van der Waals surface area contributed by atoms with Crippen LogP contribution in [0.4, 0.5) is 0 Å². The van der Waals surface area contributed by atoms with E-state index in [1.807, 2.05) is 18.4 Å². The fraction of sp³-hybridized carbons (Fsp3) is 0.591. The average molecular weight is 376 g/mol. The van der Waals surface area contributed by atoms with Crippen LogP contribution in [-0.2, 0) is 14.3 Å². The number of carboxylic acid groups (broad SMARTS) is 1. The van der Waals surface area contributed by atoms with Gasteiger partial charge in [0.25, 0.3) is 0 Å². The Morgan fingerprint density at radius 1 is 1.15 bits per heavy atom. The molecule has 2 rings (SSSR count). The quantitative estimate of drug-likeness (QED) is 0.480. The van der Waals surface area contributed by atoms with Crippen LogP contribution in [0, 0.1) is 0 Å². The largest absolute Gasteiger partial charge is 0.479 e. The molecule has 27 heavy (non-hydrogen) atoms. The van der Waals surface area contributed by atoms with E-state index in [2.05, 4.69) is 6.92 Å². The van der Waals surface area contributed by atoms with Crippen LogP contribution in [0.2, 0.25) is 0 Å². The molecule has 0 saturated carbocycles. The van der Waals surface area contributed by atoms with Crippen LogP contribution < -0.4 is 4.74 Å². The van der Waals surface area contributed by atoms with E-state index in [9.17, 15) is 4.79 Å². The highest BCUT2D eigenvalue weighted by atomic mass is 16.7. The second-order valence-corrected chi connectivity index (χ2v) is 7.09. The van der Waals surface area contributed by atoms with Crippen LogP contribution >= 0.6 is 0 Å². The molecule has 0 fully saturated rings. The molecule has 5 nitrogen and oxygen atoms in total. The summed E-state index contributed by atoms with van der Waals surface area (Å²) in [4.78, 5) is 10.8. The van der Waals surface area contributed by atoms with Gasteiger partial charge < -0.3 is 19.3 Å². The Labute approximate surface area is 162 Å².